The predicted octanol–water partition coefficient (Wildman–Crippen LogP) is 0.439. The van der Waals surface area contributed by atoms with E-state index in [4.69, 9.17) is 4.74 Å². The van der Waals surface area contributed by atoms with Crippen molar-refractivity contribution in [1.29, 1.82) is 0 Å². The second-order valence-electron chi connectivity index (χ2n) is 7.83. The van der Waals surface area contributed by atoms with Gasteiger partial charge in [0.25, 0.3) is 5.91 Å². The molecule has 2 heterocycles. The average molecular weight is 418 g/mol. The molecule has 1 unspecified atom stereocenters. The van der Waals surface area contributed by atoms with Gasteiger partial charge in [0.05, 0.1) is 23.0 Å². The fourth-order valence-electron chi connectivity index (χ4n) is 3.22. The first kappa shape index (κ1) is 20.9. The Bertz CT molecular complexity index is 919. The first-order valence-electron chi connectivity index (χ1n) is 9.07. The summed E-state index contributed by atoms with van der Waals surface area (Å²) >= 11 is 0. The topological polar surface area (TPSA) is 110 Å². The van der Waals surface area contributed by atoms with Gasteiger partial charge in [0.2, 0.25) is 5.91 Å². The van der Waals surface area contributed by atoms with E-state index in [2.05, 4.69) is 5.32 Å². The Hall–Kier alpha value is -2.81. The van der Waals surface area contributed by atoms with Gasteiger partial charge in [-0.3, -0.25) is 23.5 Å². The van der Waals surface area contributed by atoms with Crippen LogP contribution in [0.3, 0.4) is 0 Å². The van der Waals surface area contributed by atoms with Crippen molar-refractivity contribution >= 4 is 34.9 Å². The van der Waals surface area contributed by atoms with Crippen molar-refractivity contribution in [1.82, 2.24) is 10.2 Å². The van der Waals surface area contributed by atoms with Gasteiger partial charge in [-0.1, -0.05) is 30.3 Å². The van der Waals surface area contributed by atoms with Gasteiger partial charge in [0.1, 0.15) is 29.0 Å². The number of benzene rings is 1. The number of hydrogen-bond donors (Lipinski definition) is 1. The smallest absolute Gasteiger partial charge is 0.356 e. The molecule has 2 aliphatic heterocycles. The molecule has 154 valence electrons. The number of aldehydes is 1. The van der Waals surface area contributed by atoms with Crippen molar-refractivity contribution in [2.45, 2.75) is 44.2 Å². The molecule has 0 radical (unpaired) electrons. The number of amides is 2. The highest BCUT2D eigenvalue weighted by Crippen LogP contribution is 2.35. The van der Waals surface area contributed by atoms with Crippen LogP contribution in [0.15, 0.2) is 41.6 Å². The molecule has 3 rings (SSSR count). The Morgan fingerprint density at radius 1 is 1.28 bits per heavy atom. The van der Waals surface area contributed by atoms with E-state index in [1.54, 1.807) is 45.0 Å². The van der Waals surface area contributed by atoms with Crippen LogP contribution in [0.2, 0.25) is 0 Å². The fraction of sp³-hybridized carbons (Fsp3) is 0.400. The summed E-state index contributed by atoms with van der Waals surface area (Å²) in [7, 11) is -1.64. The maximum absolute atomic E-state index is 12.7. The molecule has 29 heavy (non-hydrogen) atoms. The van der Waals surface area contributed by atoms with Gasteiger partial charge in [-0.25, -0.2) is 4.79 Å². The minimum atomic E-state index is -1.64. The first-order valence-corrected chi connectivity index (χ1v) is 10.5. The fourth-order valence-corrected chi connectivity index (χ4v) is 4.83. The van der Waals surface area contributed by atoms with E-state index in [0.717, 1.165) is 10.5 Å². The summed E-state index contributed by atoms with van der Waals surface area (Å²) in [5, 5.41) is 1.69. The van der Waals surface area contributed by atoms with Crippen LogP contribution < -0.4 is 5.32 Å². The molecular formula is C20H22N2O6S. The molecule has 0 spiro atoms. The quantitative estimate of drug-likeness (QED) is 0.422. The zero-order chi connectivity index (χ0) is 21.3. The number of ether oxygens (including phenoxy) is 1. The van der Waals surface area contributed by atoms with E-state index in [1.165, 1.54) is 0 Å². The van der Waals surface area contributed by atoms with Crippen LogP contribution in [0.25, 0.3) is 0 Å². The Morgan fingerprint density at radius 3 is 2.52 bits per heavy atom. The minimum Gasteiger partial charge on any atom is -0.455 e. The largest absolute Gasteiger partial charge is 0.455 e. The number of nitrogens with zero attached hydrogens (tertiary/aromatic N) is 1. The highest BCUT2D eigenvalue weighted by Gasteiger charge is 2.57. The van der Waals surface area contributed by atoms with Crippen molar-refractivity contribution in [3.63, 3.8) is 0 Å². The van der Waals surface area contributed by atoms with Crippen LogP contribution in [-0.2, 0) is 41.1 Å². The second-order valence-corrected chi connectivity index (χ2v) is 9.36. The summed E-state index contributed by atoms with van der Waals surface area (Å²) in [6.45, 7) is 4.99. The van der Waals surface area contributed by atoms with Gasteiger partial charge in [-0.15, -0.1) is 0 Å². The third-order valence-electron chi connectivity index (χ3n) is 4.41. The number of nitrogens with one attached hydrogen (secondary N) is 1. The van der Waals surface area contributed by atoms with Gasteiger partial charge >= 0.3 is 5.97 Å². The molecule has 8 nitrogen and oxygen atoms in total. The molecule has 2 amide bonds. The van der Waals surface area contributed by atoms with E-state index < -0.39 is 45.6 Å². The second kappa shape index (κ2) is 7.90. The molecule has 2 aliphatic rings. The van der Waals surface area contributed by atoms with E-state index in [1.807, 2.05) is 6.07 Å². The number of carbonyl (C=O) groups excluding carboxylic acids is 4. The Morgan fingerprint density at radius 2 is 1.93 bits per heavy atom. The summed E-state index contributed by atoms with van der Waals surface area (Å²) in [5.41, 5.74) is -0.299. The van der Waals surface area contributed by atoms with Gasteiger partial charge in [-0.05, 0) is 26.3 Å². The van der Waals surface area contributed by atoms with Crippen LogP contribution in [0.1, 0.15) is 26.3 Å². The number of rotatable bonds is 5. The molecule has 1 saturated heterocycles. The maximum atomic E-state index is 12.7. The standard InChI is InChI=1S/C20H22N2O6S/c1-20(2,3)28-19(26)16-13(10-23)11-29(27)18-15(17(25)22(16)18)21-14(24)9-12-7-5-4-6-8-12/h4-8,10,15,18H,9,11H2,1-3H3,(H,21,24)/t15-,18-,29?/m1/s1. The lowest BCUT2D eigenvalue weighted by molar-refractivity contribution is -0.159. The predicted molar refractivity (Wildman–Crippen MR) is 105 cm³/mol. The molecule has 0 aliphatic carbocycles. The van der Waals surface area contributed by atoms with Crippen molar-refractivity contribution in [2.24, 2.45) is 0 Å². The number of β-lactam (4-membered cyclic amide) rings is 1. The summed E-state index contributed by atoms with van der Waals surface area (Å²) in [5.74, 6) is -2.00. The molecule has 9 heteroatoms. The third-order valence-corrected chi connectivity index (χ3v) is 6.03. The minimum absolute atomic E-state index is 0.0451. The van der Waals surface area contributed by atoms with Crippen molar-refractivity contribution in [3.8, 4) is 0 Å². The molecule has 0 saturated carbocycles. The molecule has 0 aromatic heterocycles. The number of carbonyl (C=O) groups is 4. The average Bonchev–Trinajstić information content (AvgIpc) is 2.64. The number of esters is 1. The lowest BCUT2D eigenvalue weighted by Crippen LogP contribution is -2.73. The summed E-state index contributed by atoms with van der Waals surface area (Å²) in [6, 6.07) is 7.98. The molecule has 1 N–H and O–H groups in total. The van der Waals surface area contributed by atoms with Crippen LogP contribution in [0, 0.1) is 0 Å². The van der Waals surface area contributed by atoms with Crippen molar-refractivity contribution in [3.05, 3.63) is 47.2 Å². The summed E-state index contributed by atoms with van der Waals surface area (Å²) < 4.78 is 17.9. The molecule has 1 fully saturated rings. The SMILES string of the molecule is CC(C)(C)OC(=O)C1=C(C=O)CS(=O)[C@@H]2[C@H](NC(=O)Cc3ccccc3)C(=O)N12. The highest BCUT2D eigenvalue weighted by molar-refractivity contribution is 7.86. The molecule has 3 atom stereocenters. The maximum Gasteiger partial charge on any atom is 0.356 e. The third kappa shape index (κ3) is 4.29. The molecule has 1 aromatic carbocycles. The normalized spacial score (nSPS) is 23.8. The first-order chi connectivity index (χ1) is 13.6. The van der Waals surface area contributed by atoms with Crippen molar-refractivity contribution in [2.75, 3.05) is 5.75 Å². The van der Waals surface area contributed by atoms with E-state index in [-0.39, 0.29) is 23.4 Å². The van der Waals surface area contributed by atoms with Gasteiger partial charge in [-0.2, -0.15) is 0 Å². The van der Waals surface area contributed by atoms with Crippen molar-refractivity contribution < 1.29 is 28.1 Å². The zero-order valence-corrected chi connectivity index (χ0v) is 17.2. The van der Waals surface area contributed by atoms with E-state index in [0.29, 0.717) is 6.29 Å². The van der Waals surface area contributed by atoms with Crippen LogP contribution >= 0.6 is 0 Å². The van der Waals surface area contributed by atoms with Gasteiger partial charge in [0.15, 0.2) is 0 Å². The Labute approximate surface area is 170 Å². The van der Waals surface area contributed by atoms with Crippen LogP contribution in [0.5, 0.6) is 0 Å². The molecule has 1 aromatic rings. The van der Waals surface area contributed by atoms with E-state index in [9.17, 15) is 23.4 Å². The van der Waals surface area contributed by atoms with Gasteiger partial charge < -0.3 is 10.1 Å². The van der Waals surface area contributed by atoms with Crippen LogP contribution in [0.4, 0.5) is 0 Å². The monoisotopic (exact) mass is 418 g/mol. The molecule has 0 bridgehead atoms. The van der Waals surface area contributed by atoms with Crippen LogP contribution in [-0.4, -0.2) is 55.9 Å². The molecular weight excluding hydrogens is 396 g/mol. The lowest BCUT2D eigenvalue weighted by Gasteiger charge is -2.49. The summed E-state index contributed by atoms with van der Waals surface area (Å²) in [4.78, 5) is 50.0. The zero-order valence-electron chi connectivity index (χ0n) is 16.3. The number of fused-ring (bicyclic) bond motifs is 1. The van der Waals surface area contributed by atoms with Gasteiger partial charge in [0, 0.05) is 5.57 Å². The van der Waals surface area contributed by atoms with E-state index >= 15 is 0 Å². The Kier molecular flexibility index (Phi) is 5.70. The lowest BCUT2D eigenvalue weighted by atomic mass is 10.0. The number of hydrogen-bond acceptors (Lipinski definition) is 6. The summed E-state index contributed by atoms with van der Waals surface area (Å²) in [6.07, 6.45) is 0.486. The Balaban J connectivity index is 1.79. The highest BCUT2D eigenvalue weighted by atomic mass is 32.2.